The highest BCUT2D eigenvalue weighted by Gasteiger charge is 2.86. The van der Waals surface area contributed by atoms with E-state index < -0.39 is 58.9 Å². The normalized spacial score (nSPS) is 43.0. The van der Waals surface area contributed by atoms with E-state index >= 15 is 0 Å². The minimum Gasteiger partial charge on any atom is -0.458 e. The highest BCUT2D eigenvalue weighted by molar-refractivity contribution is 5.70. The van der Waals surface area contributed by atoms with Gasteiger partial charge in [-0.1, -0.05) is 26.8 Å². The molecule has 0 amide bonds. The zero-order valence-electron chi connectivity index (χ0n) is 20.1. The number of hydrogen-bond acceptors (Lipinski definition) is 9. The minimum absolute atomic E-state index is 0.150. The second-order valence-electron chi connectivity index (χ2n) is 10.5. The number of epoxide rings is 1. The number of carbonyl (C=O) groups is 3. The Hall–Kier alpha value is -1.97. The molecule has 1 unspecified atom stereocenters. The number of carbonyl (C=O) groups excluding carboxylic acids is 3. The van der Waals surface area contributed by atoms with Crippen molar-refractivity contribution in [3.05, 3.63) is 11.6 Å². The Labute approximate surface area is 193 Å². The van der Waals surface area contributed by atoms with Gasteiger partial charge in [-0.2, -0.15) is 0 Å². The van der Waals surface area contributed by atoms with E-state index in [2.05, 4.69) is 0 Å². The van der Waals surface area contributed by atoms with Crippen LogP contribution >= 0.6 is 0 Å². The van der Waals surface area contributed by atoms with Crippen LogP contribution in [0.4, 0.5) is 0 Å². The van der Waals surface area contributed by atoms with E-state index in [1.807, 2.05) is 33.8 Å². The first-order valence-electron chi connectivity index (χ1n) is 11.5. The molecule has 2 aliphatic heterocycles. The average molecular weight is 467 g/mol. The third kappa shape index (κ3) is 3.42. The second kappa shape index (κ2) is 8.06. The summed E-state index contributed by atoms with van der Waals surface area (Å²) in [5, 5.41) is 10.9. The van der Waals surface area contributed by atoms with Crippen LogP contribution in [0.15, 0.2) is 11.6 Å². The van der Waals surface area contributed by atoms with E-state index in [0.29, 0.717) is 6.61 Å². The molecule has 4 aliphatic rings. The molecule has 2 aliphatic carbocycles. The molecule has 2 saturated heterocycles. The lowest BCUT2D eigenvalue weighted by atomic mass is 9.51. The molecule has 8 atom stereocenters. The van der Waals surface area contributed by atoms with E-state index in [9.17, 15) is 19.5 Å². The third-order valence-corrected chi connectivity index (χ3v) is 8.03. The number of fused-ring (bicyclic) bond motifs is 2. The number of aliphatic hydroxyl groups excluding tert-OH is 1. The van der Waals surface area contributed by atoms with Crippen molar-refractivity contribution in [3.8, 4) is 0 Å². The maximum Gasteiger partial charge on any atom is 0.306 e. The predicted octanol–water partition coefficient (Wildman–Crippen LogP) is 1.69. The van der Waals surface area contributed by atoms with Crippen LogP contribution in [0.25, 0.3) is 0 Å². The molecule has 0 radical (unpaired) electrons. The van der Waals surface area contributed by atoms with Crippen molar-refractivity contribution in [3.63, 3.8) is 0 Å². The summed E-state index contributed by atoms with van der Waals surface area (Å²) in [5.41, 5.74) is -2.03. The Morgan fingerprint density at radius 1 is 1.18 bits per heavy atom. The van der Waals surface area contributed by atoms with Crippen LogP contribution in [0.5, 0.6) is 0 Å². The maximum absolute atomic E-state index is 12.5. The van der Waals surface area contributed by atoms with E-state index in [1.54, 1.807) is 0 Å². The van der Waals surface area contributed by atoms with Gasteiger partial charge in [0.05, 0.1) is 24.7 Å². The van der Waals surface area contributed by atoms with Crippen molar-refractivity contribution < 1.29 is 43.2 Å². The first kappa shape index (κ1) is 24.2. The van der Waals surface area contributed by atoms with Gasteiger partial charge in [0.25, 0.3) is 0 Å². The predicted molar refractivity (Wildman–Crippen MR) is 114 cm³/mol. The molecule has 0 aromatic heterocycles. The van der Waals surface area contributed by atoms with Crippen LogP contribution in [0.2, 0.25) is 0 Å². The van der Waals surface area contributed by atoms with Gasteiger partial charge >= 0.3 is 17.9 Å². The molecule has 4 rings (SSSR count). The molecule has 2 bridgehead atoms. The molecule has 184 valence electrons. The Bertz CT molecular complexity index is 875. The Balaban J connectivity index is 1.78. The fourth-order valence-electron chi connectivity index (χ4n) is 6.34. The number of ether oxygens (including phenoxy) is 5. The molecule has 1 N–H and O–H groups in total. The summed E-state index contributed by atoms with van der Waals surface area (Å²) < 4.78 is 29.7. The Morgan fingerprint density at radius 2 is 1.82 bits per heavy atom. The molecule has 1 saturated carbocycles. The van der Waals surface area contributed by atoms with E-state index in [4.69, 9.17) is 23.7 Å². The van der Waals surface area contributed by atoms with Gasteiger partial charge < -0.3 is 28.8 Å². The highest BCUT2D eigenvalue weighted by atomic mass is 16.7. The number of aliphatic hydroxyl groups is 1. The van der Waals surface area contributed by atoms with Gasteiger partial charge in [0, 0.05) is 25.7 Å². The SMILES string of the molecule is CC(=O)O[C@H]1[C@@H](OC(C)=O)[C@]2(C)C3(CO3)[C@H]1O[C@H]1C=C(C)[C@H](OC(=O)CC(C)C)C[C@]12CO. The van der Waals surface area contributed by atoms with E-state index in [0.717, 1.165) is 5.57 Å². The summed E-state index contributed by atoms with van der Waals surface area (Å²) in [7, 11) is 0. The van der Waals surface area contributed by atoms with E-state index in [-0.39, 0.29) is 31.3 Å². The smallest absolute Gasteiger partial charge is 0.306 e. The summed E-state index contributed by atoms with van der Waals surface area (Å²) in [4.78, 5) is 36.6. The minimum atomic E-state index is -1.00. The standard InChI is InChI=1S/C24H34O9/c1-12(2)7-18(28)32-16-9-23(10-25)17(8-13(16)3)33-21-19(30-14(4)26)20(31-15(5)27)22(23,6)24(21)11-29-24/h8,12,16-17,19-21,25H,7,9-11H2,1-6H3/t16-,17+,19+,20-,21+,22+,23+,24?/m1/s1. The highest BCUT2D eigenvalue weighted by Crippen LogP contribution is 2.72. The van der Waals surface area contributed by atoms with Crippen molar-refractivity contribution in [2.45, 2.75) is 90.5 Å². The van der Waals surface area contributed by atoms with Gasteiger partial charge in [0.15, 0.2) is 12.2 Å². The number of rotatable bonds is 6. The second-order valence-corrected chi connectivity index (χ2v) is 10.5. The molecule has 0 aromatic carbocycles. The van der Waals surface area contributed by atoms with Crippen molar-refractivity contribution in [1.29, 1.82) is 0 Å². The van der Waals surface area contributed by atoms with Gasteiger partial charge in [-0.25, -0.2) is 0 Å². The van der Waals surface area contributed by atoms with Crippen molar-refractivity contribution in [2.24, 2.45) is 16.7 Å². The topological polar surface area (TPSA) is 121 Å². The maximum atomic E-state index is 12.5. The Kier molecular flexibility index (Phi) is 5.90. The van der Waals surface area contributed by atoms with Gasteiger partial charge in [0.2, 0.25) is 0 Å². The number of hydrogen-bond donors (Lipinski definition) is 1. The zero-order chi connectivity index (χ0) is 24.3. The van der Waals surface area contributed by atoms with Crippen molar-refractivity contribution in [1.82, 2.24) is 0 Å². The van der Waals surface area contributed by atoms with Crippen LogP contribution < -0.4 is 0 Å². The summed E-state index contributed by atoms with van der Waals surface area (Å²) in [5.74, 6) is -1.22. The van der Waals surface area contributed by atoms with Crippen molar-refractivity contribution >= 4 is 17.9 Å². The van der Waals surface area contributed by atoms with Gasteiger partial charge in [0.1, 0.15) is 17.8 Å². The van der Waals surface area contributed by atoms with Crippen LogP contribution in [-0.4, -0.2) is 72.3 Å². The molecular weight excluding hydrogens is 432 g/mol. The first-order chi connectivity index (χ1) is 15.4. The Morgan fingerprint density at radius 3 is 2.33 bits per heavy atom. The first-order valence-corrected chi connectivity index (χ1v) is 11.5. The molecule has 2 heterocycles. The molecule has 1 spiro atoms. The molecule has 3 fully saturated rings. The largest absolute Gasteiger partial charge is 0.458 e. The van der Waals surface area contributed by atoms with Crippen molar-refractivity contribution in [2.75, 3.05) is 13.2 Å². The van der Waals surface area contributed by atoms with Gasteiger partial charge in [-0.3, -0.25) is 14.4 Å². The van der Waals surface area contributed by atoms with Crippen LogP contribution in [0.3, 0.4) is 0 Å². The molecule has 33 heavy (non-hydrogen) atoms. The average Bonchev–Trinajstić information content (AvgIpc) is 3.48. The zero-order valence-corrected chi connectivity index (χ0v) is 20.1. The summed E-state index contributed by atoms with van der Waals surface area (Å²) in [6.45, 7) is 10.2. The molecule has 9 heteroatoms. The van der Waals surface area contributed by atoms with Crippen LogP contribution in [0, 0.1) is 16.7 Å². The lowest BCUT2D eigenvalue weighted by Crippen LogP contribution is -2.67. The molecular formula is C24H34O9. The monoisotopic (exact) mass is 466 g/mol. The van der Waals surface area contributed by atoms with Crippen LogP contribution in [0.1, 0.15) is 54.4 Å². The summed E-state index contributed by atoms with van der Waals surface area (Å²) in [6, 6.07) is 0. The van der Waals surface area contributed by atoms with Gasteiger partial charge in [-0.15, -0.1) is 0 Å². The lowest BCUT2D eigenvalue weighted by Gasteiger charge is -2.58. The third-order valence-electron chi connectivity index (χ3n) is 8.03. The van der Waals surface area contributed by atoms with E-state index in [1.165, 1.54) is 13.8 Å². The fourth-order valence-corrected chi connectivity index (χ4v) is 6.34. The van der Waals surface area contributed by atoms with Crippen LogP contribution in [-0.2, 0) is 38.1 Å². The van der Waals surface area contributed by atoms with Gasteiger partial charge in [-0.05, 0) is 24.8 Å². The molecule has 9 nitrogen and oxygen atoms in total. The lowest BCUT2D eigenvalue weighted by molar-refractivity contribution is -0.237. The summed E-state index contributed by atoms with van der Waals surface area (Å²) in [6.07, 6.45) is -1.17. The molecule has 0 aromatic rings. The quantitative estimate of drug-likeness (QED) is 0.270. The summed E-state index contributed by atoms with van der Waals surface area (Å²) >= 11 is 0. The fraction of sp³-hybridized carbons (Fsp3) is 0.792. The number of esters is 3.